The molecule has 0 amide bonds. The molecule has 0 heterocycles. The van der Waals surface area contributed by atoms with Crippen molar-refractivity contribution >= 4 is 5.71 Å². The summed E-state index contributed by atoms with van der Waals surface area (Å²) in [5.41, 5.74) is 1.18. The first-order chi connectivity index (χ1) is 4.18. The fraction of sp³-hybridized carbons (Fsp3) is 0.125. The summed E-state index contributed by atoms with van der Waals surface area (Å²) in [6.45, 7) is 14.7. The molecular formula is C8H13N. The molecule has 0 saturated carbocycles. The summed E-state index contributed by atoms with van der Waals surface area (Å²) >= 11 is 0. The van der Waals surface area contributed by atoms with E-state index < -0.39 is 0 Å². The van der Waals surface area contributed by atoms with E-state index in [-0.39, 0.29) is 0 Å². The van der Waals surface area contributed by atoms with E-state index in [0.29, 0.717) is 5.71 Å². The normalized spacial score (nSPS) is 6.33. The second-order valence-corrected chi connectivity index (χ2v) is 1.40. The van der Waals surface area contributed by atoms with Crippen molar-refractivity contribution in [2.75, 3.05) is 0 Å². The van der Waals surface area contributed by atoms with Crippen molar-refractivity contribution < 1.29 is 0 Å². The highest BCUT2D eigenvalue weighted by molar-refractivity contribution is 6.04. The predicted octanol–water partition coefficient (Wildman–Crippen LogP) is 2.57. The van der Waals surface area contributed by atoms with E-state index in [1.165, 1.54) is 6.08 Å². The van der Waals surface area contributed by atoms with Crippen molar-refractivity contribution in [3.63, 3.8) is 0 Å². The van der Waals surface area contributed by atoms with Crippen molar-refractivity contribution in [2.24, 2.45) is 0 Å². The van der Waals surface area contributed by atoms with Crippen LogP contribution in [0.25, 0.3) is 0 Å². The second-order valence-electron chi connectivity index (χ2n) is 1.40. The minimum Gasteiger partial charge on any atom is -0.301 e. The number of nitrogens with one attached hydrogen (secondary N) is 1. The van der Waals surface area contributed by atoms with Crippen LogP contribution in [-0.2, 0) is 0 Å². The Kier molecular flexibility index (Phi) is 8.27. The summed E-state index contributed by atoms with van der Waals surface area (Å²) in [5, 5.41) is 6.97. The lowest BCUT2D eigenvalue weighted by molar-refractivity contribution is 1.47. The molecule has 0 aromatic rings. The van der Waals surface area contributed by atoms with Gasteiger partial charge >= 0.3 is 0 Å². The van der Waals surface area contributed by atoms with Gasteiger partial charge in [0, 0.05) is 0 Å². The van der Waals surface area contributed by atoms with Crippen LogP contribution in [0.4, 0.5) is 0 Å². The molecule has 0 saturated heterocycles. The highest BCUT2D eigenvalue weighted by Gasteiger charge is 1.84. The van der Waals surface area contributed by atoms with Gasteiger partial charge in [-0.1, -0.05) is 13.2 Å². The molecule has 0 atom stereocenters. The van der Waals surface area contributed by atoms with Gasteiger partial charge in [0.2, 0.25) is 0 Å². The van der Waals surface area contributed by atoms with Crippen molar-refractivity contribution in [3.8, 4) is 0 Å². The molecule has 0 aromatic carbocycles. The van der Waals surface area contributed by atoms with Crippen LogP contribution in [0.3, 0.4) is 0 Å². The van der Waals surface area contributed by atoms with Crippen LogP contribution in [0.2, 0.25) is 0 Å². The van der Waals surface area contributed by atoms with E-state index in [1.54, 1.807) is 6.92 Å². The third-order valence-corrected chi connectivity index (χ3v) is 0.664. The highest BCUT2D eigenvalue weighted by Crippen LogP contribution is 1.88. The van der Waals surface area contributed by atoms with Gasteiger partial charge in [-0.05, 0) is 18.6 Å². The van der Waals surface area contributed by atoms with Gasteiger partial charge in [0.05, 0.1) is 5.71 Å². The Morgan fingerprint density at radius 1 is 1.44 bits per heavy atom. The second kappa shape index (κ2) is 6.89. The summed E-state index contributed by atoms with van der Waals surface area (Å²) in [4.78, 5) is 0. The van der Waals surface area contributed by atoms with Gasteiger partial charge in [0.25, 0.3) is 0 Å². The van der Waals surface area contributed by atoms with Crippen LogP contribution >= 0.6 is 0 Å². The molecule has 0 fully saturated rings. The third kappa shape index (κ3) is 6.89. The molecule has 0 aliphatic carbocycles. The lowest BCUT2D eigenvalue weighted by Crippen LogP contribution is -1.87. The molecule has 1 nitrogen and oxygen atoms in total. The first-order valence-corrected chi connectivity index (χ1v) is 2.55. The minimum atomic E-state index is 0.417. The molecule has 0 aliphatic heterocycles. The maximum absolute atomic E-state index is 6.97. The SMILES string of the molecule is C=C.C=CC(=N)C(=C)C. The molecular weight excluding hydrogens is 110 g/mol. The topological polar surface area (TPSA) is 23.9 Å². The van der Waals surface area contributed by atoms with Gasteiger partial charge in [-0.15, -0.1) is 13.2 Å². The largest absolute Gasteiger partial charge is 0.301 e. The number of rotatable bonds is 2. The molecule has 0 unspecified atom stereocenters. The molecule has 0 aliphatic rings. The quantitative estimate of drug-likeness (QED) is 0.431. The molecule has 9 heavy (non-hydrogen) atoms. The summed E-state index contributed by atoms with van der Waals surface area (Å²) in [6.07, 6.45) is 1.47. The average molecular weight is 123 g/mol. The van der Waals surface area contributed by atoms with Gasteiger partial charge in [0.15, 0.2) is 0 Å². The van der Waals surface area contributed by atoms with Crippen LogP contribution in [0.15, 0.2) is 38.0 Å². The zero-order chi connectivity index (χ0) is 7.86. The first kappa shape index (κ1) is 10.8. The maximum Gasteiger partial charge on any atom is 0.0557 e. The monoisotopic (exact) mass is 123 g/mol. The highest BCUT2D eigenvalue weighted by atomic mass is 14.4. The van der Waals surface area contributed by atoms with E-state index in [4.69, 9.17) is 5.41 Å². The van der Waals surface area contributed by atoms with Crippen LogP contribution in [0.1, 0.15) is 6.92 Å². The lowest BCUT2D eigenvalue weighted by atomic mass is 10.2. The molecule has 0 spiro atoms. The van der Waals surface area contributed by atoms with Gasteiger partial charge in [0.1, 0.15) is 0 Å². The Bertz CT molecular complexity index is 123. The summed E-state index contributed by atoms with van der Waals surface area (Å²) in [6, 6.07) is 0. The van der Waals surface area contributed by atoms with E-state index in [9.17, 15) is 0 Å². The zero-order valence-electron chi connectivity index (χ0n) is 5.91. The number of hydrogen-bond acceptors (Lipinski definition) is 1. The van der Waals surface area contributed by atoms with Gasteiger partial charge in [-0.3, -0.25) is 0 Å². The maximum atomic E-state index is 6.97. The molecule has 0 radical (unpaired) electrons. The van der Waals surface area contributed by atoms with E-state index in [2.05, 4.69) is 26.3 Å². The Balaban J connectivity index is 0. The van der Waals surface area contributed by atoms with Gasteiger partial charge < -0.3 is 5.41 Å². The van der Waals surface area contributed by atoms with Crippen LogP contribution in [-0.4, -0.2) is 5.71 Å². The molecule has 0 aromatic heterocycles. The van der Waals surface area contributed by atoms with Crippen LogP contribution in [0, 0.1) is 5.41 Å². The minimum absolute atomic E-state index is 0.417. The predicted molar refractivity (Wildman–Crippen MR) is 44.0 cm³/mol. The number of allylic oxidation sites excluding steroid dienone is 2. The van der Waals surface area contributed by atoms with Gasteiger partial charge in [-0.2, -0.15) is 0 Å². The van der Waals surface area contributed by atoms with Crippen LogP contribution < -0.4 is 0 Å². The standard InChI is InChI=1S/C6H9N.C2H4/c1-4-6(7)5(2)3;1-2/h4,7H,1-2H2,3H3;1-2H2. The summed E-state index contributed by atoms with van der Waals surface area (Å²) in [5.74, 6) is 0. The van der Waals surface area contributed by atoms with Crippen LogP contribution in [0.5, 0.6) is 0 Å². The Morgan fingerprint density at radius 3 is 1.78 bits per heavy atom. The van der Waals surface area contributed by atoms with Crippen molar-refractivity contribution in [1.29, 1.82) is 5.41 Å². The van der Waals surface area contributed by atoms with E-state index in [1.807, 2.05) is 0 Å². The molecule has 0 bridgehead atoms. The molecule has 1 heteroatoms. The zero-order valence-corrected chi connectivity index (χ0v) is 5.91. The fourth-order valence-corrected chi connectivity index (χ4v) is 0.174. The summed E-state index contributed by atoms with van der Waals surface area (Å²) < 4.78 is 0. The molecule has 50 valence electrons. The third-order valence-electron chi connectivity index (χ3n) is 0.664. The van der Waals surface area contributed by atoms with Gasteiger partial charge in [-0.25, -0.2) is 0 Å². The van der Waals surface area contributed by atoms with E-state index >= 15 is 0 Å². The Morgan fingerprint density at radius 2 is 1.78 bits per heavy atom. The van der Waals surface area contributed by atoms with Crippen molar-refractivity contribution in [1.82, 2.24) is 0 Å². The number of hydrogen-bond donors (Lipinski definition) is 1. The molecule has 1 N–H and O–H groups in total. The first-order valence-electron chi connectivity index (χ1n) is 2.55. The summed E-state index contributed by atoms with van der Waals surface area (Å²) in [7, 11) is 0. The fourth-order valence-electron chi connectivity index (χ4n) is 0.174. The lowest BCUT2D eigenvalue weighted by Gasteiger charge is -1.88. The van der Waals surface area contributed by atoms with Crippen molar-refractivity contribution in [3.05, 3.63) is 38.0 Å². The Hall–Kier alpha value is -1.11. The average Bonchev–Trinajstić information content (AvgIpc) is 1.91. The van der Waals surface area contributed by atoms with E-state index in [0.717, 1.165) is 5.57 Å². The Labute approximate surface area is 56.9 Å². The molecule has 0 rings (SSSR count). The van der Waals surface area contributed by atoms with Crippen molar-refractivity contribution in [2.45, 2.75) is 6.92 Å². The smallest absolute Gasteiger partial charge is 0.0557 e.